The number of ether oxygens (including phenoxy) is 6. The molecule has 0 aromatic heterocycles. The van der Waals surface area contributed by atoms with Crippen molar-refractivity contribution in [3.05, 3.63) is 136 Å². The molecule has 4 aliphatic rings. The SMILES string of the molecule is CCC(=O)CCCSSC(C)(C)CN(CCOCCOCCOC)c1cc(COc2cc3c(cc2C)C(=O)N2c4ccccc4C[C@H]2CC3)cc(COc2cc3c(cc2OC)C(=O)N2c4ccccc4C[C@H]2C(C)N3)c1. The zero-order valence-corrected chi connectivity index (χ0v) is 46.9. The molecule has 0 spiro atoms. The highest BCUT2D eigenvalue weighted by molar-refractivity contribution is 8.77. The van der Waals surface area contributed by atoms with Gasteiger partial charge in [0.1, 0.15) is 24.7 Å². The predicted molar refractivity (Wildman–Crippen MR) is 307 cm³/mol. The van der Waals surface area contributed by atoms with Gasteiger partial charge < -0.3 is 48.4 Å². The molecule has 15 heteroatoms. The van der Waals surface area contributed by atoms with Gasteiger partial charge in [0.15, 0.2) is 11.5 Å². The van der Waals surface area contributed by atoms with E-state index >= 15 is 0 Å². The number of benzene rings is 5. The molecule has 0 fully saturated rings. The predicted octanol–water partition coefficient (Wildman–Crippen LogP) is 11.5. The number of hydrogen-bond donors (Lipinski definition) is 1. The van der Waals surface area contributed by atoms with Crippen molar-refractivity contribution in [2.24, 2.45) is 0 Å². The van der Waals surface area contributed by atoms with Crippen molar-refractivity contribution in [2.45, 2.75) is 116 Å². The Labute approximate surface area is 457 Å². The van der Waals surface area contributed by atoms with Crippen LogP contribution in [0.2, 0.25) is 0 Å². The van der Waals surface area contributed by atoms with Crippen LogP contribution in [-0.4, -0.2) is 107 Å². The van der Waals surface area contributed by atoms with E-state index in [4.69, 9.17) is 28.4 Å². The molecule has 0 saturated heterocycles. The van der Waals surface area contributed by atoms with Crippen molar-refractivity contribution in [3.63, 3.8) is 0 Å². The molecule has 3 atom stereocenters. The van der Waals surface area contributed by atoms with Crippen molar-refractivity contribution in [1.82, 2.24) is 0 Å². The summed E-state index contributed by atoms with van der Waals surface area (Å²) in [6, 6.07) is 30.8. The quantitative estimate of drug-likeness (QED) is 0.0417. The molecule has 0 radical (unpaired) electrons. The summed E-state index contributed by atoms with van der Waals surface area (Å²) in [6.45, 7) is 14.8. The smallest absolute Gasteiger partial charge is 0.260 e. The Kier molecular flexibility index (Phi) is 18.2. The maximum absolute atomic E-state index is 14.4. The first-order valence-electron chi connectivity index (χ1n) is 26.9. The highest BCUT2D eigenvalue weighted by Crippen LogP contribution is 2.44. The minimum Gasteiger partial charge on any atom is -0.493 e. The molecule has 76 heavy (non-hydrogen) atoms. The van der Waals surface area contributed by atoms with Crippen LogP contribution >= 0.6 is 21.6 Å². The summed E-state index contributed by atoms with van der Waals surface area (Å²) in [5.41, 5.74) is 11.1. The van der Waals surface area contributed by atoms with Crippen LogP contribution in [0.1, 0.15) is 107 Å². The summed E-state index contributed by atoms with van der Waals surface area (Å²) in [5.74, 6) is 2.92. The van der Waals surface area contributed by atoms with Crippen LogP contribution < -0.4 is 34.2 Å². The molecule has 9 rings (SSSR count). The third-order valence-electron chi connectivity index (χ3n) is 14.8. The Morgan fingerprint density at radius 2 is 1.43 bits per heavy atom. The van der Waals surface area contributed by atoms with E-state index in [0.717, 1.165) is 88.5 Å². The second-order valence-electron chi connectivity index (χ2n) is 20.9. The van der Waals surface area contributed by atoms with Gasteiger partial charge >= 0.3 is 0 Å². The molecule has 0 saturated carbocycles. The van der Waals surface area contributed by atoms with E-state index in [2.05, 4.69) is 79.5 Å². The lowest BCUT2D eigenvalue weighted by atomic mass is 9.98. The third kappa shape index (κ3) is 12.8. The number of carbonyl (C=O) groups excluding carboxylic acids is 3. The van der Waals surface area contributed by atoms with E-state index < -0.39 is 0 Å². The fourth-order valence-electron chi connectivity index (χ4n) is 10.9. The molecule has 4 heterocycles. The number of nitrogens with one attached hydrogen (secondary N) is 1. The minimum absolute atomic E-state index is 0.0269. The van der Waals surface area contributed by atoms with Gasteiger partial charge in [-0.15, -0.1) is 0 Å². The minimum atomic E-state index is -0.187. The molecule has 0 aliphatic carbocycles. The summed E-state index contributed by atoms with van der Waals surface area (Å²) < 4.78 is 36.3. The van der Waals surface area contributed by atoms with Crippen LogP contribution in [0, 0.1) is 6.92 Å². The Morgan fingerprint density at radius 3 is 2.16 bits per heavy atom. The number of para-hydroxylation sites is 2. The van der Waals surface area contributed by atoms with Crippen molar-refractivity contribution >= 4 is 61.9 Å². The molecule has 13 nitrogen and oxygen atoms in total. The number of methoxy groups -OCH3 is 2. The van der Waals surface area contributed by atoms with Crippen LogP contribution in [0.15, 0.2) is 91.0 Å². The number of fused-ring (bicyclic) bond motifs is 8. The average molecular weight is 1070 g/mol. The molecular formula is C61H74N4O9S2. The van der Waals surface area contributed by atoms with Crippen LogP contribution in [-0.2, 0) is 51.5 Å². The normalized spacial score (nSPS) is 17.4. The van der Waals surface area contributed by atoms with E-state index in [9.17, 15) is 14.4 Å². The summed E-state index contributed by atoms with van der Waals surface area (Å²) in [4.78, 5) is 47.0. The highest BCUT2D eigenvalue weighted by Gasteiger charge is 2.41. The topological polar surface area (TPSA) is 128 Å². The van der Waals surface area contributed by atoms with Gasteiger partial charge in [-0.05, 0) is 142 Å². The molecule has 404 valence electrons. The first-order valence-corrected chi connectivity index (χ1v) is 29.2. The van der Waals surface area contributed by atoms with Gasteiger partial charge in [-0.1, -0.05) is 64.9 Å². The van der Waals surface area contributed by atoms with Crippen LogP contribution in [0.3, 0.4) is 0 Å². The zero-order chi connectivity index (χ0) is 53.3. The number of anilines is 4. The van der Waals surface area contributed by atoms with Gasteiger partial charge in [0, 0.05) is 84.3 Å². The summed E-state index contributed by atoms with van der Waals surface area (Å²) >= 11 is 0. The van der Waals surface area contributed by atoms with E-state index in [0.29, 0.717) is 87.5 Å². The van der Waals surface area contributed by atoms with Crippen molar-refractivity contribution < 1.29 is 42.8 Å². The maximum atomic E-state index is 14.4. The van der Waals surface area contributed by atoms with Gasteiger partial charge in [-0.3, -0.25) is 14.4 Å². The number of hydrogen-bond acceptors (Lipinski definition) is 13. The van der Waals surface area contributed by atoms with Crippen LogP contribution in [0.4, 0.5) is 22.7 Å². The standard InChI is InChI=1S/C61H74N4O9S2/c1-8-49(66)16-13-27-75-76-61(4,5)39-63(21-22-71-25-26-72-24-23-69-6)48-30-42(37-73-56-34-44-19-20-47-32-45-14-9-11-17-53(45)64(47)59(67)50(44)28-40(56)2)29-43(31-48)38-74-58-36-52-51(35-57(58)70-7)60(68)65-54-18-12-10-15-46(54)33-55(65)41(3)62-52/h9-12,14-15,17-18,28-31,34-36,41,47,55,62H,8,13,16,19-27,32-33,37-39H2,1-7H3/t41?,47-,55+/m1/s1. The number of rotatable bonds is 26. The Morgan fingerprint density at radius 1 is 0.763 bits per heavy atom. The van der Waals surface area contributed by atoms with E-state index in [-0.39, 0.29) is 47.9 Å². The molecule has 4 aliphatic heterocycles. The fourth-order valence-corrected chi connectivity index (χ4v) is 13.5. The van der Waals surface area contributed by atoms with Crippen molar-refractivity contribution in [3.8, 4) is 17.2 Å². The second-order valence-corrected chi connectivity index (χ2v) is 24.0. The number of ketones is 1. The first-order chi connectivity index (χ1) is 36.8. The van der Waals surface area contributed by atoms with Crippen molar-refractivity contribution in [1.29, 1.82) is 0 Å². The Balaban J connectivity index is 0.994. The van der Waals surface area contributed by atoms with Crippen molar-refractivity contribution in [2.75, 3.05) is 86.1 Å². The molecule has 5 aromatic carbocycles. The molecule has 1 unspecified atom stereocenters. The molecule has 5 aromatic rings. The largest absolute Gasteiger partial charge is 0.493 e. The fraction of sp³-hybridized carbons (Fsp3) is 0.459. The van der Waals surface area contributed by atoms with Gasteiger partial charge in [-0.25, -0.2) is 0 Å². The lowest BCUT2D eigenvalue weighted by Crippen LogP contribution is -2.44. The number of carbonyl (C=O) groups is 3. The van der Waals surface area contributed by atoms with Gasteiger partial charge in [-0.2, -0.15) is 0 Å². The Hall–Kier alpha value is -5.71. The zero-order valence-electron chi connectivity index (χ0n) is 45.2. The van der Waals surface area contributed by atoms with Gasteiger partial charge in [0.05, 0.1) is 57.4 Å². The Bertz CT molecular complexity index is 2880. The van der Waals surface area contributed by atoms with Gasteiger partial charge in [0.25, 0.3) is 11.8 Å². The molecule has 1 N–H and O–H groups in total. The van der Waals surface area contributed by atoms with Crippen LogP contribution in [0.25, 0.3) is 0 Å². The summed E-state index contributed by atoms with van der Waals surface area (Å²) in [5, 5.41) is 3.66. The molecule has 2 amide bonds. The third-order valence-corrected chi connectivity index (χ3v) is 18.2. The lowest BCUT2D eigenvalue weighted by Gasteiger charge is -2.34. The lowest BCUT2D eigenvalue weighted by molar-refractivity contribution is -0.118. The van der Waals surface area contributed by atoms with E-state index in [1.54, 1.807) is 20.3 Å². The summed E-state index contributed by atoms with van der Waals surface area (Å²) in [6.07, 6.45) is 5.35. The highest BCUT2D eigenvalue weighted by atomic mass is 33.1. The van der Waals surface area contributed by atoms with Crippen LogP contribution in [0.5, 0.6) is 17.2 Å². The monoisotopic (exact) mass is 1070 g/mol. The average Bonchev–Trinajstić information content (AvgIpc) is 3.94. The van der Waals surface area contributed by atoms with E-state index in [1.165, 1.54) is 11.1 Å². The number of aryl methyl sites for hydroxylation is 2. The number of Topliss-reactive ketones (excluding diaryl/α,β-unsaturated/α-hetero) is 1. The number of nitrogens with zero attached hydrogens (tertiary/aromatic N) is 3. The molecular weight excluding hydrogens is 997 g/mol. The van der Waals surface area contributed by atoms with Gasteiger partial charge in [0.2, 0.25) is 0 Å². The van der Waals surface area contributed by atoms with E-state index in [1.807, 2.05) is 81.6 Å². The number of amides is 2. The second kappa shape index (κ2) is 25.2. The first kappa shape index (κ1) is 55.1. The summed E-state index contributed by atoms with van der Waals surface area (Å²) in [7, 11) is 6.92. The molecule has 0 bridgehead atoms. The maximum Gasteiger partial charge on any atom is 0.260 e.